The SMILES string of the molecule is Cc1nc(CNC(=O)n2ccnc2)cs1. The highest BCUT2D eigenvalue weighted by atomic mass is 32.1. The lowest BCUT2D eigenvalue weighted by Crippen LogP contribution is -2.27. The highest BCUT2D eigenvalue weighted by Crippen LogP contribution is 2.07. The Morgan fingerprint density at radius 1 is 1.67 bits per heavy atom. The molecule has 1 amide bonds. The van der Waals surface area contributed by atoms with E-state index in [-0.39, 0.29) is 6.03 Å². The molecule has 0 spiro atoms. The number of hydrogen-bond acceptors (Lipinski definition) is 4. The molecule has 0 fully saturated rings. The molecule has 0 aromatic carbocycles. The van der Waals surface area contributed by atoms with Crippen molar-refractivity contribution in [2.75, 3.05) is 0 Å². The summed E-state index contributed by atoms with van der Waals surface area (Å²) in [5.74, 6) is 0. The summed E-state index contributed by atoms with van der Waals surface area (Å²) >= 11 is 1.57. The second kappa shape index (κ2) is 4.22. The summed E-state index contributed by atoms with van der Waals surface area (Å²) in [7, 11) is 0. The predicted octanol–water partition coefficient (Wildman–Crippen LogP) is 1.41. The minimum atomic E-state index is -0.196. The Morgan fingerprint density at radius 3 is 3.13 bits per heavy atom. The van der Waals surface area contributed by atoms with Gasteiger partial charge in [0.2, 0.25) is 0 Å². The van der Waals surface area contributed by atoms with Crippen LogP contribution in [0.2, 0.25) is 0 Å². The Labute approximate surface area is 90.8 Å². The Morgan fingerprint density at radius 2 is 2.53 bits per heavy atom. The van der Waals surface area contributed by atoms with E-state index in [0.717, 1.165) is 10.7 Å². The highest BCUT2D eigenvalue weighted by Gasteiger charge is 2.04. The summed E-state index contributed by atoms with van der Waals surface area (Å²) < 4.78 is 1.39. The van der Waals surface area contributed by atoms with Gasteiger partial charge in [0.1, 0.15) is 6.33 Å². The number of imidazole rings is 1. The normalized spacial score (nSPS) is 10.2. The van der Waals surface area contributed by atoms with Gasteiger partial charge in [0.25, 0.3) is 0 Å². The van der Waals surface area contributed by atoms with E-state index >= 15 is 0 Å². The molecular formula is C9H10N4OS. The first-order valence-electron chi connectivity index (χ1n) is 4.43. The second-order valence-corrected chi connectivity index (χ2v) is 4.05. The van der Waals surface area contributed by atoms with Crippen molar-refractivity contribution < 1.29 is 4.79 Å². The minimum Gasteiger partial charge on any atom is -0.332 e. The van der Waals surface area contributed by atoms with E-state index in [9.17, 15) is 4.79 Å². The first-order valence-corrected chi connectivity index (χ1v) is 5.31. The zero-order chi connectivity index (χ0) is 10.7. The molecule has 1 N–H and O–H groups in total. The van der Waals surface area contributed by atoms with E-state index in [1.807, 2.05) is 12.3 Å². The summed E-state index contributed by atoms with van der Waals surface area (Å²) in [5.41, 5.74) is 0.881. The number of rotatable bonds is 2. The number of nitrogens with zero attached hydrogens (tertiary/aromatic N) is 3. The van der Waals surface area contributed by atoms with Crippen molar-refractivity contribution in [1.82, 2.24) is 19.9 Å². The van der Waals surface area contributed by atoms with Crippen LogP contribution in [0.4, 0.5) is 4.79 Å². The fourth-order valence-electron chi connectivity index (χ4n) is 1.13. The standard InChI is InChI=1S/C9H10N4OS/c1-7-12-8(5-15-7)4-11-9(14)13-3-2-10-6-13/h2-3,5-6H,4H2,1H3,(H,11,14). The van der Waals surface area contributed by atoms with E-state index in [1.165, 1.54) is 10.9 Å². The number of carbonyl (C=O) groups excluding carboxylic acids is 1. The van der Waals surface area contributed by atoms with Crippen molar-refractivity contribution in [3.63, 3.8) is 0 Å². The fourth-order valence-corrected chi connectivity index (χ4v) is 1.74. The van der Waals surface area contributed by atoms with Crippen LogP contribution in [-0.4, -0.2) is 20.6 Å². The van der Waals surface area contributed by atoms with E-state index in [0.29, 0.717) is 6.54 Å². The van der Waals surface area contributed by atoms with Gasteiger partial charge in [-0.15, -0.1) is 11.3 Å². The molecule has 0 saturated carbocycles. The van der Waals surface area contributed by atoms with Crippen LogP contribution in [-0.2, 0) is 6.54 Å². The van der Waals surface area contributed by atoms with Gasteiger partial charge >= 0.3 is 6.03 Å². The van der Waals surface area contributed by atoms with E-state index in [4.69, 9.17) is 0 Å². The molecule has 5 nitrogen and oxygen atoms in total. The van der Waals surface area contributed by atoms with Gasteiger partial charge in [0, 0.05) is 17.8 Å². The van der Waals surface area contributed by atoms with Crippen LogP contribution in [0.5, 0.6) is 0 Å². The number of aryl methyl sites for hydroxylation is 1. The van der Waals surface area contributed by atoms with Crippen LogP contribution in [0.15, 0.2) is 24.1 Å². The van der Waals surface area contributed by atoms with Gasteiger partial charge in [-0.05, 0) is 6.92 Å². The average molecular weight is 222 g/mol. The van der Waals surface area contributed by atoms with Crippen molar-refractivity contribution in [2.24, 2.45) is 0 Å². The van der Waals surface area contributed by atoms with Crippen molar-refractivity contribution >= 4 is 17.4 Å². The molecule has 0 aliphatic heterocycles. The maximum absolute atomic E-state index is 11.5. The van der Waals surface area contributed by atoms with Crippen LogP contribution >= 0.6 is 11.3 Å². The van der Waals surface area contributed by atoms with Crippen molar-refractivity contribution in [1.29, 1.82) is 0 Å². The van der Waals surface area contributed by atoms with Crippen LogP contribution in [0, 0.1) is 6.92 Å². The average Bonchev–Trinajstić information content (AvgIpc) is 2.84. The van der Waals surface area contributed by atoms with Crippen molar-refractivity contribution in [3.05, 3.63) is 34.8 Å². The third kappa shape index (κ3) is 2.41. The molecule has 0 saturated heterocycles. The molecule has 0 unspecified atom stereocenters. The molecule has 0 aliphatic rings. The van der Waals surface area contributed by atoms with Gasteiger partial charge in [-0.3, -0.25) is 4.57 Å². The number of carbonyl (C=O) groups is 1. The van der Waals surface area contributed by atoms with Crippen LogP contribution in [0.25, 0.3) is 0 Å². The van der Waals surface area contributed by atoms with E-state index in [2.05, 4.69) is 15.3 Å². The molecule has 0 bridgehead atoms. The van der Waals surface area contributed by atoms with Gasteiger partial charge in [0.15, 0.2) is 0 Å². The van der Waals surface area contributed by atoms with Crippen LogP contribution in [0.3, 0.4) is 0 Å². The quantitative estimate of drug-likeness (QED) is 0.835. The Hall–Kier alpha value is -1.69. The molecular weight excluding hydrogens is 212 g/mol. The first kappa shape index (κ1) is 9.85. The Bertz CT molecular complexity index is 448. The van der Waals surface area contributed by atoms with Crippen LogP contribution < -0.4 is 5.32 Å². The molecule has 2 rings (SSSR count). The highest BCUT2D eigenvalue weighted by molar-refractivity contribution is 7.09. The largest absolute Gasteiger partial charge is 0.332 e. The molecule has 78 valence electrons. The number of aromatic nitrogens is 3. The lowest BCUT2D eigenvalue weighted by Gasteiger charge is -2.02. The van der Waals surface area contributed by atoms with E-state index < -0.39 is 0 Å². The van der Waals surface area contributed by atoms with Crippen molar-refractivity contribution in [3.8, 4) is 0 Å². The molecule has 15 heavy (non-hydrogen) atoms. The van der Waals surface area contributed by atoms with Crippen LogP contribution in [0.1, 0.15) is 10.7 Å². The predicted molar refractivity (Wildman–Crippen MR) is 56.7 cm³/mol. The maximum atomic E-state index is 11.5. The lowest BCUT2D eigenvalue weighted by molar-refractivity contribution is 0.242. The summed E-state index contributed by atoms with van der Waals surface area (Å²) in [5, 5.41) is 5.68. The third-order valence-electron chi connectivity index (χ3n) is 1.83. The van der Waals surface area contributed by atoms with Gasteiger partial charge in [-0.25, -0.2) is 14.8 Å². The summed E-state index contributed by atoms with van der Waals surface area (Å²) in [6.07, 6.45) is 4.62. The molecule has 2 aromatic rings. The molecule has 6 heteroatoms. The Balaban J connectivity index is 1.91. The maximum Gasteiger partial charge on any atom is 0.327 e. The molecule has 2 heterocycles. The topological polar surface area (TPSA) is 59.8 Å². The zero-order valence-electron chi connectivity index (χ0n) is 8.17. The number of hydrogen-bond donors (Lipinski definition) is 1. The third-order valence-corrected chi connectivity index (χ3v) is 2.65. The van der Waals surface area contributed by atoms with Gasteiger partial charge in [-0.2, -0.15) is 0 Å². The molecule has 0 radical (unpaired) electrons. The number of nitrogens with one attached hydrogen (secondary N) is 1. The first-order chi connectivity index (χ1) is 7.25. The van der Waals surface area contributed by atoms with Gasteiger partial charge in [0.05, 0.1) is 17.2 Å². The number of amides is 1. The summed E-state index contributed by atoms with van der Waals surface area (Å²) in [4.78, 5) is 19.5. The second-order valence-electron chi connectivity index (χ2n) is 2.99. The van der Waals surface area contributed by atoms with E-state index in [1.54, 1.807) is 23.7 Å². The minimum absolute atomic E-state index is 0.196. The summed E-state index contributed by atoms with van der Waals surface area (Å²) in [6.45, 7) is 2.38. The van der Waals surface area contributed by atoms with Crippen molar-refractivity contribution in [2.45, 2.75) is 13.5 Å². The van der Waals surface area contributed by atoms with Gasteiger partial charge in [-0.1, -0.05) is 0 Å². The summed E-state index contributed by atoms with van der Waals surface area (Å²) in [6, 6.07) is -0.196. The Kier molecular flexibility index (Phi) is 2.77. The molecule has 0 aliphatic carbocycles. The smallest absolute Gasteiger partial charge is 0.327 e. The lowest BCUT2D eigenvalue weighted by atomic mass is 10.5. The fraction of sp³-hybridized carbons (Fsp3) is 0.222. The molecule has 0 atom stereocenters. The monoisotopic (exact) mass is 222 g/mol. The van der Waals surface area contributed by atoms with Gasteiger partial charge < -0.3 is 5.32 Å². The zero-order valence-corrected chi connectivity index (χ0v) is 8.99. The number of thiazole rings is 1. The molecule has 2 aromatic heterocycles.